The Bertz CT molecular complexity index is 1480. The Kier molecular flexibility index (Phi) is 8.04. The van der Waals surface area contributed by atoms with Gasteiger partial charge in [-0.05, 0) is 60.7 Å². The lowest BCUT2D eigenvalue weighted by Gasteiger charge is -2.40. The van der Waals surface area contributed by atoms with E-state index in [9.17, 15) is 31.1 Å². The molecule has 1 aromatic heterocycles. The monoisotopic (exact) mass is 572 g/mol. The summed E-state index contributed by atoms with van der Waals surface area (Å²) in [5.41, 5.74) is -1.02. The van der Waals surface area contributed by atoms with Crippen molar-refractivity contribution >= 4 is 16.8 Å². The maximum Gasteiger partial charge on any atom is 0.416 e. The highest BCUT2D eigenvalue weighted by atomic mass is 19.4. The summed E-state index contributed by atoms with van der Waals surface area (Å²) >= 11 is 0. The maximum absolute atomic E-state index is 13.5. The van der Waals surface area contributed by atoms with Crippen molar-refractivity contribution in [2.24, 2.45) is 0 Å². The highest BCUT2D eigenvalue weighted by Gasteiger charge is 2.39. The second kappa shape index (κ2) is 11.5. The van der Waals surface area contributed by atoms with Gasteiger partial charge < -0.3 is 9.64 Å². The van der Waals surface area contributed by atoms with Crippen molar-refractivity contribution < 1.29 is 35.9 Å². The molecule has 1 amide bonds. The Labute approximate surface area is 232 Å². The first kappa shape index (κ1) is 28.6. The smallest absolute Gasteiger partial charge is 0.373 e. The summed E-state index contributed by atoms with van der Waals surface area (Å²) in [6, 6.07) is 19.3. The fraction of sp³-hybridized carbons (Fsp3) is 0.290. The van der Waals surface area contributed by atoms with Crippen LogP contribution in [0.15, 0.2) is 85.1 Å². The number of para-hydroxylation sites is 1. The molecule has 2 atom stereocenters. The molecule has 1 fully saturated rings. The zero-order valence-corrected chi connectivity index (χ0v) is 21.8. The number of ether oxygens (including phenoxy) is 1. The average molecular weight is 573 g/mol. The summed E-state index contributed by atoms with van der Waals surface area (Å²) in [4.78, 5) is 19.3. The minimum atomic E-state index is -5.04. The van der Waals surface area contributed by atoms with Crippen LogP contribution in [0.5, 0.6) is 0 Å². The van der Waals surface area contributed by atoms with Crippen LogP contribution in [0.2, 0.25) is 0 Å². The van der Waals surface area contributed by atoms with E-state index >= 15 is 0 Å². The molecule has 5 rings (SSSR count). The Morgan fingerprint density at radius 1 is 0.878 bits per heavy atom. The van der Waals surface area contributed by atoms with Crippen LogP contribution >= 0.6 is 0 Å². The van der Waals surface area contributed by atoms with E-state index in [1.54, 1.807) is 6.20 Å². The Morgan fingerprint density at radius 3 is 2.22 bits per heavy atom. The van der Waals surface area contributed by atoms with E-state index in [1.165, 1.54) is 4.90 Å². The maximum atomic E-state index is 13.5. The molecule has 1 aliphatic rings. The lowest BCUT2D eigenvalue weighted by atomic mass is 9.92. The van der Waals surface area contributed by atoms with Gasteiger partial charge in [0, 0.05) is 29.7 Å². The zero-order chi connectivity index (χ0) is 29.2. The van der Waals surface area contributed by atoms with Gasteiger partial charge in [0.15, 0.2) is 0 Å². The minimum Gasteiger partial charge on any atom is -0.373 e. The van der Waals surface area contributed by atoms with Crippen molar-refractivity contribution in [1.82, 2.24) is 9.88 Å². The number of pyridine rings is 1. The number of carbonyl (C=O) groups excluding carboxylic acids is 1. The van der Waals surface area contributed by atoms with Crippen molar-refractivity contribution in [3.05, 3.63) is 113 Å². The van der Waals surface area contributed by atoms with E-state index in [-0.39, 0.29) is 18.7 Å². The number of hydrogen-bond donors (Lipinski definition) is 0. The van der Waals surface area contributed by atoms with E-state index in [0.29, 0.717) is 38.0 Å². The largest absolute Gasteiger partial charge is 0.416 e. The van der Waals surface area contributed by atoms with Crippen LogP contribution in [-0.2, 0) is 30.1 Å². The molecule has 4 nitrogen and oxygen atoms in total. The van der Waals surface area contributed by atoms with Crippen LogP contribution in [0, 0.1) is 0 Å². The minimum absolute atomic E-state index is 0.0289. The third kappa shape index (κ3) is 6.70. The summed E-state index contributed by atoms with van der Waals surface area (Å²) in [5, 5.41) is 0.952. The van der Waals surface area contributed by atoms with Gasteiger partial charge >= 0.3 is 12.4 Å². The molecule has 3 aromatic carbocycles. The molecule has 2 heterocycles. The molecule has 214 valence electrons. The number of halogens is 6. The Morgan fingerprint density at radius 2 is 1.54 bits per heavy atom. The number of amides is 1. The number of likely N-dealkylation sites (tertiary alicyclic amines) is 1. The van der Waals surface area contributed by atoms with Crippen LogP contribution in [0.1, 0.15) is 45.5 Å². The number of benzene rings is 3. The van der Waals surface area contributed by atoms with E-state index in [1.807, 2.05) is 60.7 Å². The molecule has 0 bridgehead atoms. The molecule has 0 spiro atoms. The van der Waals surface area contributed by atoms with Crippen LogP contribution in [0.4, 0.5) is 26.3 Å². The first-order valence-electron chi connectivity index (χ1n) is 13.1. The van der Waals surface area contributed by atoms with Crippen molar-refractivity contribution in [3.8, 4) is 0 Å². The van der Waals surface area contributed by atoms with Gasteiger partial charge in [-0.2, -0.15) is 26.3 Å². The number of hydrogen-bond acceptors (Lipinski definition) is 3. The van der Waals surface area contributed by atoms with Gasteiger partial charge in [-0.15, -0.1) is 0 Å². The standard InChI is InChI=1S/C31H26F6N2O2/c32-30(33,34)23-15-22(16-24(17-23)31(35,36)37)29(40)39-13-11-26(18-25(39)14-20-6-2-1-3-7-20)41-19-21-10-12-38-28-9-5-4-8-27(21)28/h1-10,12,15-17,25-26H,11,13-14,18-19H2. The van der Waals surface area contributed by atoms with Gasteiger partial charge in [-0.1, -0.05) is 48.5 Å². The molecule has 0 aliphatic carbocycles. The predicted octanol–water partition coefficient (Wildman–Crippen LogP) is 7.71. The van der Waals surface area contributed by atoms with Crippen LogP contribution in [-0.4, -0.2) is 34.5 Å². The number of alkyl halides is 6. The first-order valence-corrected chi connectivity index (χ1v) is 13.1. The van der Waals surface area contributed by atoms with E-state index in [2.05, 4.69) is 4.98 Å². The van der Waals surface area contributed by atoms with Crippen molar-refractivity contribution in [3.63, 3.8) is 0 Å². The normalized spacial score (nSPS) is 18.0. The molecular formula is C31H26F6N2O2. The molecule has 0 saturated carbocycles. The van der Waals surface area contributed by atoms with Gasteiger partial charge in [0.05, 0.1) is 29.4 Å². The van der Waals surface area contributed by atoms with Crippen LogP contribution < -0.4 is 0 Å². The molecule has 0 radical (unpaired) electrons. The van der Waals surface area contributed by atoms with Gasteiger partial charge in [0.25, 0.3) is 5.91 Å². The number of fused-ring (bicyclic) bond motifs is 1. The number of nitrogens with zero attached hydrogens (tertiary/aromatic N) is 2. The molecular weight excluding hydrogens is 546 g/mol. The summed E-state index contributed by atoms with van der Waals surface area (Å²) in [6.45, 7) is 0.415. The van der Waals surface area contributed by atoms with E-state index in [0.717, 1.165) is 22.0 Å². The number of aromatic nitrogens is 1. The third-order valence-electron chi connectivity index (χ3n) is 7.29. The molecule has 2 unspecified atom stereocenters. The Balaban J connectivity index is 1.40. The van der Waals surface area contributed by atoms with Gasteiger partial charge in [-0.3, -0.25) is 9.78 Å². The number of rotatable bonds is 6. The van der Waals surface area contributed by atoms with Gasteiger partial charge in [-0.25, -0.2) is 0 Å². The summed E-state index contributed by atoms with van der Waals surface area (Å²) < 4.78 is 87.0. The molecule has 0 N–H and O–H groups in total. The van der Waals surface area contributed by atoms with E-state index < -0.39 is 41.0 Å². The molecule has 1 aliphatic heterocycles. The number of piperidine rings is 1. The van der Waals surface area contributed by atoms with Crippen LogP contribution in [0.25, 0.3) is 10.9 Å². The zero-order valence-electron chi connectivity index (χ0n) is 21.8. The molecule has 41 heavy (non-hydrogen) atoms. The lowest BCUT2D eigenvalue weighted by molar-refractivity contribution is -0.143. The molecule has 10 heteroatoms. The summed E-state index contributed by atoms with van der Waals surface area (Å²) in [6.07, 6.45) is -7.54. The average Bonchev–Trinajstić information content (AvgIpc) is 2.95. The molecule has 1 saturated heterocycles. The SMILES string of the molecule is O=C(c1cc(C(F)(F)F)cc(C(F)(F)F)c1)N1CCC(OCc2ccnc3ccccc23)CC1Cc1ccccc1. The fourth-order valence-electron chi connectivity index (χ4n) is 5.25. The molecule has 4 aromatic rings. The van der Waals surface area contributed by atoms with Gasteiger partial charge in [0.2, 0.25) is 0 Å². The number of carbonyl (C=O) groups is 1. The van der Waals surface area contributed by atoms with Gasteiger partial charge in [0.1, 0.15) is 0 Å². The second-order valence-corrected chi connectivity index (χ2v) is 10.1. The van der Waals surface area contributed by atoms with Crippen molar-refractivity contribution in [2.75, 3.05) is 6.54 Å². The first-order chi connectivity index (χ1) is 19.5. The lowest BCUT2D eigenvalue weighted by Crippen LogP contribution is -2.49. The quantitative estimate of drug-likeness (QED) is 0.222. The topological polar surface area (TPSA) is 42.4 Å². The van der Waals surface area contributed by atoms with Crippen molar-refractivity contribution in [1.29, 1.82) is 0 Å². The fourth-order valence-corrected chi connectivity index (χ4v) is 5.25. The highest BCUT2D eigenvalue weighted by molar-refractivity contribution is 5.95. The summed E-state index contributed by atoms with van der Waals surface area (Å²) in [5.74, 6) is -0.874. The van der Waals surface area contributed by atoms with E-state index in [4.69, 9.17) is 4.74 Å². The highest BCUT2D eigenvalue weighted by Crippen LogP contribution is 2.37. The Hall–Kier alpha value is -3.92. The summed E-state index contributed by atoms with van der Waals surface area (Å²) in [7, 11) is 0. The van der Waals surface area contributed by atoms with Crippen LogP contribution in [0.3, 0.4) is 0 Å². The van der Waals surface area contributed by atoms with Crippen molar-refractivity contribution in [2.45, 2.75) is 50.4 Å². The third-order valence-corrected chi connectivity index (χ3v) is 7.29. The second-order valence-electron chi connectivity index (χ2n) is 10.1. The predicted molar refractivity (Wildman–Crippen MR) is 141 cm³/mol.